The molecule has 0 N–H and O–H groups in total. The Hall–Kier alpha value is -0.690. The Kier molecular flexibility index (Phi) is 2.21. The predicted molar refractivity (Wildman–Crippen MR) is 68.4 cm³/mol. The maximum absolute atomic E-state index is 12.6. The monoisotopic (exact) mass is 296 g/mol. The van der Waals surface area contributed by atoms with Crippen LogP contribution in [0.2, 0.25) is 0 Å². The first-order chi connectivity index (χ1) is 10.0. The number of rotatable bonds is 1. The molecule has 0 unspecified atom stereocenters. The highest BCUT2D eigenvalue weighted by molar-refractivity contribution is 5.88. The molecule has 0 aromatic heterocycles. The Morgan fingerprint density at radius 2 is 1.81 bits per heavy atom. The summed E-state index contributed by atoms with van der Waals surface area (Å²) in [6, 6.07) is 0. The van der Waals surface area contributed by atoms with Crippen molar-refractivity contribution in [2.75, 3.05) is 19.8 Å². The fourth-order valence-electron chi connectivity index (χ4n) is 5.39. The van der Waals surface area contributed by atoms with Crippen LogP contribution in [0.5, 0.6) is 0 Å². The van der Waals surface area contributed by atoms with Crippen LogP contribution in [0.4, 0.5) is 0 Å². The van der Waals surface area contributed by atoms with Gasteiger partial charge in [-0.3, -0.25) is 0 Å². The molecule has 116 valence electrons. The number of carbonyl (C=O) groups is 1. The summed E-state index contributed by atoms with van der Waals surface area (Å²) in [5.41, 5.74) is -1.53. The average molecular weight is 296 g/mol. The zero-order chi connectivity index (χ0) is 14.5. The topological polar surface area (TPSA) is 63.2 Å². The molecule has 0 amide bonds. The zero-order valence-electron chi connectivity index (χ0n) is 12.3. The van der Waals surface area contributed by atoms with Crippen molar-refractivity contribution in [2.24, 2.45) is 11.8 Å². The third-order valence-corrected chi connectivity index (χ3v) is 6.00. The van der Waals surface area contributed by atoms with Crippen LogP contribution in [0.15, 0.2) is 0 Å². The van der Waals surface area contributed by atoms with Crippen LogP contribution in [0.1, 0.15) is 26.7 Å². The summed E-state index contributed by atoms with van der Waals surface area (Å²) in [4.78, 5) is 12.6. The summed E-state index contributed by atoms with van der Waals surface area (Å²) in [5.74, 6) is -0.324. The molecule has 4 heterocycles. The largest absolute Gasteiger partial charge is 0.454 e. The maximum atomic E-state index is 12.6. The van der Waals surface area contributed by atoms with Crippen LogP contribution in [0.3, 0.4) is 0 Å². The quantitative estimate of drug-likeness (QED) is 0.661. The Labute approximate surface area is 123 Å². The van der Waals surface area contributed by atoms with E-state index in [1.807, 2.05) is 13.8 Å². The van der Waals surface area contributed by atoms with E-state index in [0.717, 1.165) is 12.8 Å². The molecule has 4 aliphatic heterocycles. The minimum atomic E-state index is -0.880. The van der Waals surface area contributed by atoms with Gasteiger partial charge in [0.1, 0.15) is 6.10 Å². The Morgan fingerprint density at radius 1 is 1.05 bits per heavy atom. The molecule has 5 aliphatic rings. The third-order valence-electron chi connectivity index (χ3n) is 6.00. The molecule has 2 spiro atoms. The van der Waals surface area contributed by atoms with Crippen molar-refractivity contribution in [2.45, 2.75) is 55.9 Å². The highest BCUT2D eigenvalue weighted by Gasteiger charge is 2.88. The summed E-state index contributed by atoms with van der Waals surface area (Å²) in [5, 5.41) is 0. The molecule has 1 saturated carbocycles. The molecule has 0 radical (unpaired) electrons. The minimum Gasteiger partial charge on any atom is -0.454 e. The van der Waals surface area contributed by atoms with Crippen LogP contribution in [-0.4, -0.2) is 55.0 Å². The summed E-state index contributed by atoms with van der Waals surface area (Å²) in [6.45, 7) is 5.45. The van der Waals surface area contributed by atoms with Crippen molar-refractivity contribution in [1.29, 1.82) is 0 Å². The third kappa shape index (κ3) is 1.20. The number of fused-ring (bicyclic) bond motifs is 1. The normalized spacial score (nSPS) is 56.6. The number of ether oxygens (including phenoxy) is 5. The van der Waals surface area contributed by atoms with Crippen molar-refractivity contribution >= 4 is 5.97 Å². The van der Waals surface area contributed by atoms with E-state index in [4.69, 9.17) is 23.7 Å². The lowest BCUT2D eigenvalue weighted by Crippen LogP contribution is -2.76. The lowest BCUT2D eigenvalue weighted by Gasteiger charge is -2.56. The van der Waals surface area contributed by atoms with E-state index in [2.05, 4.69) is 0 Å². The molecule has 5 rings (SSSR count). The van der Waals surface area contributed by atoms with Crippen LogP contribution in [0.25, 0.3) is 0 Å². The Morgan fingerprint density at radius 3 is 2.57 bits per heavy atom. The first-order valence-electron chi connectivity index (χ1n) is 7.82. The highest BCUT2D eigenvalue weighted by atomic mass is 16.8. The van der Waals surface area contributed by atoms with Crippen molar-refractivity contribution in [3.8, 4) is 0 Å². The summed E-state index contributed by atoms with van der Waals surface area (Å²) >= 11 is 0. The lowest BCUT2D eigenvalue weighted by molar-refractivity contribution is -0.264. The second-order valence-electron chi connectivity index (χ2n) is 7.21. The predicted octanol–water partition coefficient (Wildman–Crippen LogP) is 0.627. The molecule has 5 fully saturated rings. The van der Waals surface area contributed by atoms with E-state index >= 15 is 0 Å². The second-order valence-corrected chi connectivity index (χ2v) is 7.21. The number of hydrogen-bond donors (Lipinski definition) is 0. The van der Waals surface area contributed by atoms with Gasteiger partial charge < -0.3 is 23.7 Å². The molecule has 0 aromatic rings. The Balaban J connectivity index is 1.56. The van der Waals surface area contributed by atoms with Gasteiger partial charge in [-0.1, -0.05) is 0 Å². The van der Waals surface area contributed by atoms with Crippen molar-refractivity contribution < 1.29 is 28.5 Å². The summed E-state index contributed by atoms with van der Waals surface area (Å²) in [7, 11) is 0. The molecule has 0 aromatic carbocycles. The molecule has 21 heavy (non-hydrogen) atoms. The van der Waals surface area contributed by atoms with Crippen molar-refractivity contribution in [3.05, 3.63) is 0 Å². The van der Waals surface area contributed by atoms with E-state index in [1.54, 1.807) is 0 Å². The van der Waals surface area contributed by atoms with Gasteiger partial charge in [-0.25, -0.2) is 4.79 Å². The molecule has 6 nitrogen and oxygen atoms in total. The van der Waals surface area contributed by atoms with E-state index in [1.165, 1.54) is 0 Å². The average Bonchev–Trinajstić information content (AvgIpc) is 3.12. The smallest absolute Gasteiger partial charge is 0.342 e. The summed E-state index contributed by atoms with van der Waals surface area (Å²) in [6.07, 6.45) is 1.19. The van der Waals surface area contributed by atoms with Crippen molar-refractivity contribution in [3.63, 3.8) is 0 Å². The van der Waals surface area contributed by atoms with Gasteiger partial charge in [-0.2, -0.15) is 0 Å². The fraction of sp³-hybridized carbons (Fsp3) is 0.933. The number of cyclic esters (lactones) is 1. The molecule has 6 atom stereocenters. The van der Waals surface area contributed by atoms with Gasteiger partial charge in [0.15, 0.2) is 17.5 Å². The van der Waals surface area contributed by atoms with Gasteiger partial charge >= 0.3 is 5.97 Å². The van der Waals surface area contributed by atoms with Gasteiger partial charge in [0.25, 0.3) is 0 Å². The highest BCUT2D eigenvalue weighted by Crippen LogP contribution is 2.70. The fourth-order valence-corrected chi connectivity index (χ4v) is 5.39. The molecular formula is C15H20O6. The maximum Gasteiger partial charge on any atom is 0.342 e. The molecule has 4 saturated heterocycles. The van der Waals surface area contributed by atoms with Gasteiger partial charge in [0.2, 0.25) is 5.60 Å². The Bertz CT molecular complexity index is 518. The molecule has 1 aliphatic carbocycles. The molecule has 6 heteroatoms. The van der Waals surface area contributed by atoms with Crippen molar-refractivity contribution in [1.82, 2.24) is 0 Å². The first kappa shape index (κ1) is 12.8. The summed E-state index contributed by atoms with van der Waals surface area (Å²) < 4.78 is 29.4. The number of esters is 1. The molecule has 0 bridgehead atoms. The SMILES string of the molecule is CC1(C)OC[C@@H]([C@H]2OC(=O)[C@@]34OCC[C@@H]3[C@@H]3CCO[C@@]234)O1. The first-order valence-corrected chi connectivity index (χ1v) is 7.82. The van der Waals surface area contributed by atoms with Crippen LogP contribution in [-0.2, 0) is 28.5 Å². The number of carbonyl (C=O) groups excluding carboxylic acids is 1. The van der Waals surface area contributed by atoms with E-state index in [-0.39, 0.29) is 18.0 Å². The van der Waals surface area contributed by atoms with Gasteiger partial charge in [0, 0.05) is 25.0 Å². The van der Waals surface area contributed by atoms with Gasteiger partial charge in [-0.15, -0.1) is 0 Å². The van der Waals surface area contributed by atoms with Gasteiger partial charge in [-0.05, 0) is 26.7 Å². The van der Waals surface area contributed by atoms with Gasteiger partial charge in [0.05, 0.1) is 6.61 Å². The van der Waals surface area contributed by atoms with Crippen LogP contribution in [0, 0.1) is 11.8 Å². The standard InChI is InChI=1S/C15H20O6/c1-13(2)19-7-10(21-13)11-14-8(3-5-17-14)9-4-6-18-15(9,14)12(16)20-11/h8-11H,3-7H2,1-2H3/t8-,9+,10-,11+,14+,15-/m0/s1. The van der Waals surface area contributed by atoms with E-state index in [9.17, 15) is 4.79 Å². The lowest BCUT2D eigenvalue weighted by atomic mass is 9.49. The van der Waals surface area contributed by atoms with E-state index < -0.39 is 23.1 Å². The van der Waals surface area contributed by atoms with Crippen LogP contribution < -0.4 is 0 Å². The zero-order valence-corrected chi connectivity index (χ0v) is 12.3. The number of hydrogen-bond acceptors (Lipinski definition) is 6. The molecular weight excluding hydrogens is 276 g/mol. The minimum absolute atomic E-state index is 0.243. The van der Waals surface area contributed by atoms with E-state index in [0.29, 0.717) is 25.7 Å². The second kappa shape index (κ2) is 3.62. The van der Waals surface area contributed by atoms with Crippen LogP contribution >= 0.6 is 0 Å².